The third kappa shape index (κ3) is 4.64. The monoisotopic (exact) mass is 238 g/mol. The van der Waals surface area contributed by atoms with Gasteiger partial charge in [-0.15, -0.1) is 0 Å². The summed E-state index contributed by atoms with van der Waals surface area (Å²) >= 11 is 0. The van der Waals surface area contributed by atoms with Crippen molar-refractivity contribution >= 4 is 0 Å². The summed E-state index contributed by atoms with van der Waals surface area (Å²) in [6.07, 6.45) is 14.5. The molecule has 0 heteroatoms. The molecule has 0 saturated heterocycles. The molecule has 1 fully saturated rings. The summed E-state index contributed by atoms with van der Waals surface area (Å²) in [5, 5.41) is 0. The van der Waals surface area contributed by atoms with E-state index in [1.165, 1.54) is 51.4 Å². The van der Waals surface area contributed by atoms with E-state index in [1.807, 2.05) is 0 Å². The molecular weight excluding hydrogens is 204 g/mol. The Morgan fingerprint density at radius 2 is 1.65 bits per heavy atom. The third-order valence-corrected chi connectivity index (χ3v) is 5.01. The van der Waals surface area contributed by atoms with Crippen LogP contribution in [-0.2, 0) is 0 Å². The van der Waals surface area contributed by atoms with E-state index in [-0.39, 0.29) is 0 Å². The summed E-state index contributed by atoms with van der Waals surface area (Å²) in [6, 6.07) is 0. The first kappa shape index (κ1) is 15.1. The van der Waals surface area contributed by atoms with Crippen LogP contribution in [0.3, 0.4) is 0 Å². The normalized spacial score (nSPS) is 26.8. The molecule has 3 atom stereocenters. The summed E-state index contributed by atoms with van der Waals surface area (Å²) in [5.74, 6) is 2.20. The Bertz CT molecular complexity index is 196. The highest BCUT2D eigenvalue weighted by molar-refractivity contribution is 4.92. The van der Waals surface area contributed by atoms with Gasteiger partial charge in [-0.1, -0.05) is 66.2 Å². The van der Waals surface area contributed by atoms with Crippen LogP contribution < -0.4 is 0 Å². The minimum atomic E-state index is 0.706. The van der Waals surface area contributed by atoms with Crippen molar-refractivity contribution in [2.45, 2.75) is 91.9 Å². The van der Waals surface area contributed by atoms with Gasteiger partial charge in [-0.25, -0.2) is 0 Å². The fourth-order valence-corrected chi connectivity index (χ4v) is 3.75. The molecular formula is C17H34. The quantitative estimate of drug-likeness (QED) is 0.425. The van der Waals surface area contributed by atoms with Gasteiger partial charge in [0.15, 0.2) is 0 Å². The fraction of sp³-hybridized carbons (Fsp3) is 1.00. The highest BCUT2D eigenvalue weighted by atomic mass is 14.5. The first-order valence-electron chi connectivity index (χ1n) is 8.21. The van der Waals surface area contributed by atoms with Crippen molar-refractivity contribution in [1.29, 1.82) is 0 Å². The molecule has 1 rings (SSSR count). The first-order valence-corrected chi connectivity index (χ1v) is 8.21. The zero-order valence-corrected chi connectivity index (χ0v) is 12.7. The van der Waals surface area contributed by atoms with Gasteiger partial charge in [0.2, 0.25) is 0 Å². The van der Waals surface area contributed by atoms with Crippen molar-refractivity contribution in [1.82, 2.24) is 0 Å². The van der Waals surface area contributed by atoms with Crippen LogP contribution in [0.4, 0.5) is 0 Å². The molecule has 17 heavy (non-hydrogen) atoms. The second-order valence-electron chi connectivity index (χ2n) is 6.46. The summed E-state index contributed by atoms with van der Waals surface area (Å²) in [5.41, 5.74) is 0.706. The molecule has 0 radical (unpaired) electrons. The molecule has 1 saturated carbocycles. The number of rotatable bonds is 10. The molecule has 0 N–H and O–H groups in total. The van der Waals surface area contributed by atoms with Crippen molar-refractivity contribution in [2.75, 3.05) is 0 Å². The molecule has 3 unspecified atom stereocenters. The Morgan fingerprint density at radius 1 is 0.882 bits per heavy atom. The van der Waals surface area contributed by atoms with Gasteiger partial charge in [-0.3, -0.25) is 0 Å². The standard InChI is InChI=1S/C17H34/c1-5-9-12-17(8-4,11-7-3)14-16-13-15(16)10-6-2/h15-16H,5-14H2,1-4H3. The van der Waals surface area contributed by atoms with Crippen molar-refractivity contribution in [3.8, 4) is 0 Å². The minimum Gasteiger partial charge on any atom is -0.0654 e. The Balaban J connectivity index is 2.45. The van der Waals surface area contributed by atoms with E-state index >= 15 is 0 Å². The van der Waals surface area contributed by atoms with Crippen molar-refractivity contribution in [3.63, 3.8) is 0 Å². The van der Waals surface area contributed by atoms with Gasteiger partial charge in [-0.05, 0) is 42.9 Å². The number of unbranched alkanes of at least 4 members (excludes halogenated alkanes) is 1. The first-order chi connectivity index (χ1) is 8.21. The maximum absolute atomic E-state index is 2.43. The third-order valence-electron chi connectivity index (χ3n) is 5.01. The second kappa shape index (κ2) is 7.44. The number of hydrogen-bond acceptors (Lipinski definition) is 0. The molecule has 0 aromatic heterocycles. The topological polar surface area (TPSA) is 0 Å². The molecule has 0 spiro atoms. The maximum atomic E-state index is 2.43. The molecule has 1 aliphatic rings. The largest absolute Gasteiger partial charge is 0.0654 e. The van der Waals surface area contributed by atoms with E-state index in [4.69, 9.17) is 0 Å². The van der Waals surface area contributed by atoms with Crippen molar-refractivity contribution in [3.05, 3.63) is 0 Å². The van der Waals surface area contributed by atoms with E-state index in [0.29, 0.717) is 5.41 Å². The summed E-state index contributed by atoms with van der Waals surface area (Å²) < 4.78 is 0. The highest BCUT2D eigenvalue weighted by Crippen LogP contribution is 2.52. The van der Waals surface area contributed by atoms with E-state index < -0.39 is 0 Å². The van der Waals surface area contributed by atoms with Crippen LogP contribution in [-0.4, -0.2) is 0 Å². The average molecular weight is 238 g/mol. The maximum Gasteiger partial charge on any atom is -0.0297 e. The van der Waals surface area contributed by atoms with Crippen molar-refractivity contribution in [2.24, 2.45) is 17.3 Å². The Labute approximate surface area is 110 Å². The van der Waals surface area contributed by atoms with E-state index in [1.54, 1.807) is 12.8 Å². The predicted molar refractivity (Wildman–Crippen MR) is 78.3 cm³/mol. The van der Waals surface area contributed by atoms with Gasteiger partial charge >= 0.3 is 0 Å². The molecule has 0 aromatic carbocycles. The lowest BCUT2D eigenvalue weighted by Crippen LogP contribution is -2.21. The van der Waals surface area contributed by atoms with Gasteiger partial charge in [-0.2, -0.15) is 0 Å². The number of hydrogen-bond donors (Lipinski definition) is 0. The molecule has 102 valence electrons. The summed E-state index contributed by atoms with van der Waals surface area (Å²) in [7, 11) is 0. The second-order valence-corrected chi connectivity index (χ2v) is 6.46. The van der Waals surface area contributed by atoms with Gasteiger partial charge in [0, 0.05) is 0 Å². The van der Waals surface area contributed by atoms with E-state index in [0.717, 1.165) is 11.8 Å². The van der Waals surface area contributed by atoms with E-state index in [9.17, 15) is 0 Å². The van der Waals surface area contributed by atoms with Crippen LogP contribution in [0.2, 0.25) is 0 Å². The SMILES string of the molecule is CCCCC(CC)(CCC)CC1CC1CCC. The molecule has 0 aromatic rings. The van der Waals surface area contributed by atoms with Crippen LogP contribution in [0.1, 0.15) is 91.9 Å². The van der Waals surface area contributed by atoms with Crippen molar-refractivity contribution < 1.29 is 0 Å². The molecule has 1 aliphatic carbocycles. The lowest BCUT2D eigenvalue weighted by atomic mass is 9.72. The zero-order valence-electron chi connectivity index (χ0n) is 12.7. The van der Waals surface area contributed by atoms with Crippen LogP contribution in [0.5, 0.6) is 0 Å². The predicted octanol–water partition coefficient (Wildman–Crippen LogP) is 6.20. The molecule has 0 amide bonds. The van der Waals surface area contributed by atoms with Crippen LogP contribution >= 0.6 is 0 Å². The van der Waals surface area contributed by atoms with Gasteiger partial charge in [0.1, 0.15) is 0 Å². The van der Waals surface area contributed by atoms with E-state index in [2.05, 4.69) is 27.7 Å². The Kier molecular flexibility index (Phi) is 6.59. The molecule has 0 bridgehead atoms. The fourth-order valence-electron chi connectivity index (χ4n) is 3.75. The Morgan fingerprint density at radius 3 is 2.18 bits per heavy atom. The average Bonchev–Trinajstić information content (AvgIpc) is 3.05. The molecule has 0 nitrogen and oxygen atoms in total. The minimum absolute atomic E-state index is 0.706. The summed E-state index contributed by atoms with van der Waals surface area (Å²) in [4.78, 5) is 0. The zero-order chi connectivity index (χ0) is 12.7. The van der Waals surface area contributed by atoms with Crippen LogP contribution in [0.25, 0.3) is 0 Å². The lowest BCUT2D eigenvalue weighted by Gasteiger charge is -2.33. The summed E-state index contributed by atoms with van der Waals surface area (Å²) in [6.45, 7) is 9.48. The van der Waals surface area contributed by atoms with Gasteiger partial charge < -0.3 is 0 Å². The van der Waals surface area contributed by atoms with Gasteiger partial charge in [0.25, 0.3) is 0 Å². The van der Waals surface area contributed by atoms with Crippen LogP contribution in [0.15, 0.2) is 0 Å². The van der Waals surface area contributed by atoms with Crippen LogP contribution in [0, 0.1) is 17.3 Å². The highest BCUT2D eigenvalue weighted by Gasteiger charge is 2.41. The molecule has 0 aliphatic heterocycles. The Hall–Kier alpha value is 0. The van der Waals surface area contributed by atoms with Gasteiger partial charge in [0.05, 0.1) is 0 Å². The lowest BCUT2D eigenvalue weighted by molar-refractivity contribution is 0.184. The smallest absolute Gasteiger partial charge is 0.0297 e. The molecule has 0 heterocycles.